The van der Waals surface area contributed by atoms with Gasteiger partial charge in [0.2, 0.25) is 0 Å². The molecule has 2 N–H and O–H groups in total. The van der Waals surface area contributed by atoms with E-state index in [9.17, 15) is 9.59 Å². The van der Waals surface area contributed by atoms with Gasteiger partial charge >= 0.3 is 0 Å². The van der Waals surface area contributed by atoms with Gasteiger partial charge in [-0.15, -0.1) is 0 Å². The summed E-state index contributed by atoms with van der Waals surface area (Å²) < 4.78 is 2.78. The number of aryl methyl sites for hydroxylation is 1. The largest absolute Gasteiger partial charge is 0.352 e. The summed E-state index contributed by atoms with van der Waals surface area (Å²) in [5.74, 6) is -0.321. The van der Waals surface area contributed by atoms with E-state index in [0.29, 0.717) is 30.8 Å². The molecule has 6 nitrogen and oxygen atoms in total. The van der Waals surface area contributed by atoms with Crippen molar-refractivity contribution in [3.8, 4) is 0 Å². The molecule has 2 amide bonds. The predicted octanol–water partition coefficient (Wildman–Crippen LogP) is 3.26. The van der Waals surface area contributed by atoms with E-state index >= 15 is 0 Å². The van der Waals surface area contributed by atoms with Crippen molar-refractivity contribution >= 4 is 27.7 Å². The van der Waals surface area contributed by atoms with Crippen LogP contribution in [0.3, 0.4) is 0 Å². The van der Waals surface area contributed by atoms with Gasteiger partial charge in [0.05, 0.1) is 5.54 Å². The third-order valence-corrected chi connectivity index (χ3v) is 4.32. The summed E-state index contributed by atoms with van der Waals surface area (Å²) in [6.07, 6.45) is 0.646. The summed E-state index contributed by atoms with van der Waals surface area (Å²) >= 11 is 3.34. The van der Waals surface area contributed by atoms with Crippen LogP contribution in [-0.4, -0.2) is 34.7 Å². The number of halogens is 1. The highest BCUT2D eigenvalue weighted by atomic mass is 79.9. The maximum absolute atomic E-state index is 12.2. The third-order valence-electron chi connectivity index (χ3n) is 3.79. The van der Waals surface area contributed by atoms with Gasteiger partial charge < -0.3 is 10.6 Å². The highest BCUT2D eigenvalue weighted by molar-refractivity contribution is 9.10. The van der Waals surface area contributed by atoms with Crippen LogP contribution in [0.2, 0.25) is 0 Å². The van der Waals surface area contributed by atoms with E-state index in [-0.39, 0.29) is 17.4 Å². The molecule has 0 fully saturated rings. The van der Waals surface area contributed by atoms with E-state index in [1.165, 1.54) is 0 Å². The van der Waals surface area contributed by atoms with Crippen LogP contribution in [0.25, 0.3) is 0 Å². The van der Waals surface area contributed by atoms with E-state index < -0.39 is 0 Å². The van der Waals surface area contributed by atoms with Crippen LogP contribution in [0.5, 0.6) is 0 Å². The van der Waals surface area contributed by atoms with Crippen molar-refractivity contribution in [1.29, 1.82) is 0 Å². The van der Waals surface area contributed by atoms with Gasteiger partial charge in [0.15, 0.2) is 0 Å². The molecule has 0 aliphatic heterocycles. The summed E-state index contributed by atoms with van der Waals surface area (Å²) in [6.45, 7) is 9.03. The fourth-order valence-electron chi connectivity index (χ4n) is 2.55. The smallest absolute Gasteiger partial charge is 0.271 e. The van der Waals surface area contributed by atoms with Gasteiger partial charge in [0.1, 0.15) is 5.69 Å². The monoisotopic (exact) mass is 420 g/mol. The van der Waals surface area contributed by atoms with Gasteiger partial charge in [-0.1, -0.05) is 15.9 Å². The Labute approximate surface area is 162 Å². The second-order valence-corrected chi connectivity index (χ2v) is 8.04. The molecule has 0 aliphatic carbocycles. The highest BCUT2D eigenvalue weighted by Gasteiger charge is 2.19. The second kappa shape index (κ2) is 8.49. The molecule has 1 aromatic heterocycles. The zero-order valence-corrected chi connectivity index (χ0v) is 17.2. The van der Waals surface area contributed by atoms with Crippen molar-refractivity contribution in [3.63, 3.8) is 0 Å². The molecule has 1 heterocycles. The second-order valence-electron chi connectivity index (χ2n) is 7.13. The quantitative estimate of drug-likeness (QED) is 0.704. The molecule has 0 unspecified atom stereocenters. The maximum Gasteiger partial charge on any atom is 0.271 e. The zero-order valence-electron chi connectivity index (χ0n) is 15.6. The van der Waals surface area contributed by atoms with Crippen molar-refractivity contribution in [3.05, 3.63) is 51.8 Å². The molecule has 140 valence electrons. The highest BCUT2D eigenvalue weighted by Crippen LogP contribution is 2.16. The van der Waals surface area contributed by atoms with Crippen LogP contribution in [0.4, 0.5) is 0 Å². The summed E-state index contributed by atoms with van der Waals surface area (Å²) in [7, 11) is 0. The van der Waals surface area contributed by atoms with Crippen molar-refractivity contribution < 1.29 is 9.59 Å². The number of carbonyl (C=O) groups is 2. The van der Waals surface area contributed by atoms with Crippen LogP contribution in [-0.2, 0) is 5.54 Å². The topological polar surface area (TPSA) is 76.0 Å². The van der Waals surface area contributed by atoms with Gasteiger partial charge in [-0.3, -0.25) is 14.3 Å². The first kappa shape index (κ1) is 20.2. The average Bonchev–Trinajstić information content (AvgIpc) is 2.97. The predicted molar refractivity (Wildman–Crippen MR) is 105 cm³/mol. The minimum Gasteiger partial charge on any atom is -0.352 e. The number of nitrogens with zero attached hydrogens (tertiary/aromatic N) is 2. The molecule has 0 saturated carbocycles. The first-order valence-electron chi connectivity index (χ1n) is 8.57. The van der Waals surface area contributed by atoms with Crippen LogP contribution in [0.15, 0.2) is 34.8 Å². The summed E-state index contributed by atoms with van der Waals surface area (Å²) in [5, 5.41) is 10.1. The fourth-order valence-corrected chi connectivity index (χ4v) is 2.81. The van der Waals surface area contributed by atoms with Crippen LogP contribution < -0.4 is 10.6 Å². The first-order chi connectivity index (χ1) is 12.2. The van der Waals surface area contributed by atoms with Gasteiger partial charge in [-0.2, -0.15) is 5.10 Å². The van der Waals surface area contributed by atoms with Crippen molar-refractivity contribution in [1.82, 2.24) is 20.4 Å². The van der Waals surface area contributed by atoms with Crippen molar-refractivity contribution in [2.24, 2.45) is 0 Å². The molecule has 2 aromatic rings. The van der Waals surface area contributed by atoms with E-state index in [1.807, 2.05) is 44.5 Å². The average molecular weight is 421 g/mol. The number of aromatic nitrogens is 2. The van der Waals surface area contributed by atoms with E-state index in [2.05, 4.69) is 31.7 Å². The lowest BCUT2D eigenvalue weighted by Crippen LogP contribution is -2.30. The lowest BCUT2D eigenvalue weighted by Gasteiger charge is -2.21. The lowest BCUT2D eigenvalue weighted by molar-refractivity contribution is 0.0946. The fraction of sp³-hybridized carbons (Fsp3) is 0.421. The molecule has 7 heteroatoms. The molecule has 0 bridgehead atoms. The number of benzene rings is 1. The minimum absolute atomic E-state index is 0.122. The first-order valence-corrected chi connectivity index (χ1v) is 9.37. The standard InChI is InChI=1S/C19H25BrN4O2/c1-13-12-16(23-24(13)19(2,3)4)18(26)22-11-5-10-21-17(25)14-6-8-15(20)9-7-14/h6-9,12H,5,10-11H2,1-4H3,(H,21,25)(H,22,26). The van der Waals surface area contributed by atoms with Gasteiger partial charge in [0.25, 0.3) is 11.8 Å². The minimum atomic E-state index is -0.199. The molecular weight excluding hydrogens is 396 g/mol. The lowest BCUT2D eigenvalue weighted by atomic mass is 10.1. The molecular formula is C19H25BrN4O2. The van der Waals surface area contributed by atoms with E-state index in [1.54, 1.807) is 18.2 Å². The summed E-state index contributed by atoms with van der Waals surface area (Å²) in [5.41, 5.74) is 1.81. The molecule has 0 aliphatic rings. The van der Waals surface area contributed by atoms with E-state index in [4.69, 9.17) is 0 Å². The van der Waals surface area contributed by atoms with Crippen molar-refractivity contribution in [2.75, 3.05) is 13.1 Å². The van der Waals surface area contributed by atoms with Crippen LogP contribution >= 0.6 is 15.9 Å². The van der Waals surface area contributed by atoms with Gasteiger partial charge in [-0.05, 0) is 64.4 Å². The van der Waals surface area contributed by atoms with E-state index in [0.717, 1.165) is 10.2 Å². The third kappa shape index (κ3) is 5.42. The Morgan fingerprint density at radius 1 is 1.08 bits per heavy atom. The normalized spacial score (nSPS) is 11.3. The Hall–Kier alpha value is -2.15. The zero-order chi connectivity index (χ0) is 19.3. The molecule has 0 saturated heterocycles. The molecule has 0 spiro atoms. The molecule has 2 rings (SSSR count). The Morgan fingerprint density at radius 2 is 1.65 bits per heavy atom. The maximum atomic E-state index is 12.2. The molecule has 0 atom stereocenters. The Morgan fingerprint density at radius 3 is 2.19 bits per heavy atom. The number of nitrogens with one attached hydrogen (secondary N) is 2. The number of rotatable bonds is 6. The van der Waals surface area contributed by atoms with Crippen LogP contribution in [0.1, 0.15) is 53.7 Å². The number of hydrogen-bond acceptors (Lipinski definition) is 3. The van der Waals surface area contributed by atoms with Gasteiger partial charge in [0, 0.05) is 28.8 Å². The van der Waals surface area contributed by atoms with Gasteiger partial charge in [-0.25, -0.2) is 0 Å². The van der Waals surface area contributed by atoms with Crippen LogP contribution in [0, 0.1) is 6.92 Å². The molecule has 0 radical (unpaired) electrons. The Kier molecular flexibility index (Phi) is 6.58. The van der Waals surface area contributed by atoms with Crippen molar-refractivity contribution in [2.45, 2.75) is 39.7 Å². The SMILES string of the molecule is Cc1cc(C(=O)NCCCNC(=O)c2ccc(Br)cc2)nn1C(C)(C)C. The number of carbonyl (C=O) groups excluding carboxylic acids is 2. The Balaban J connectivity index is 1.75. The number of hydrogen-bond donors (Lipinski definition) is 2. The summed E-state index contributed by atoms with van der Waals surface area (Å²) in [4.78, 5) is 24.2. The molecule has 26 heavy (non-hydrogen) atoms. The molecule has 1 aromatic carbocycles. The summed E-state index contributed by atoms with van der Waals surface area (Å²) in [6, 6.07) is 8.96. The number of amides is 2. The Bertz CT molecular complexity index is 776.